The highest BCUT2D eigenvalue weighted by Gasteiger charge is 2.32. The third-order valence-corrected chi connectivity index (χ3v) is 6.63. The highest BCUT2D eigenvalue weighted by Crippen LogP contribution is 2.43. The monoisotopic (exact) mass is 480 g/mol. The van der Waals surface area contributed by atoms with Crippen LogP contribution in [0.2, 0.25) is 0 Å². The number of hydrogen-bond donors (Lipinski definition) is 2. The molecular weight excluding hydrogens is 452 g/mol. The van der Waals surface area contributed by atoms with Crippen LogP contribution in [0.5, 0.6) is 0 Å². The van der Waals surface area contributed by atoms with Gasteiger partial charge in [0, 0.05) is 42.4 Å². The Morgan fingerprint density at radius 1 is 1.11 bits per heavy atom. The number of anilines is 2. The SMILES string of the molecule is CCn1nc(-c2ccccn2)c2c1NC(=O)CCC2c1ccc(C(=O)Nc2cccnc2C)cc1C. The average molecular weight is 481 g/mol. The Kier molecular flexibility index (Phi) is 6.33. The topological polar surface area (TPSA) is 102 Å². The van der Waals surface area contributed by atoms with Crippen LogP contribution < -0.4 is 10.6 Å². The predicted molar refractivity (Wildman–Crippen MR) is 139 cm³/mol. The van der Waals surface area contributed by atoms with Crippen molar-refractivity contribution < 1.29 is 9.59 Å². The van der Waals surface area contributed by atoms with E-state index in [2.05, 4.69) is 20.6 Å². The molecule has 0 fully saturated rings. The van der Waals surface area contributed by atoms with Crippen LogP contribution in [0, 0.1) is 13.8 Å². The van der Waals surface area contributed by atoms with Crippen LogP contribution in [-0.2, 0) is 11.3 Å². The number of pyridine rings is 2. The summed E-state index contributed by atoms with van der Waals surface area (Å²) in [5, 5.41) is 10.9. The summed E-state index contributed by atoms with van der Waals surface area (Å²) in [5.41, 5.74) is 6.56. The summed E-state index contributed by atoms with van der Waals surface area (Å²) in [6.45, 7) is 6.49. The summed E-state index contributed by atoms with van der Waals surface area (Å²) in [4.78, 5) is 34.4. The first-order valence-electron chi connectivity index (χ1n) is 12.1. The van der Waals surface area contributed by atoms with Crippen molar-refractivity contribution in [3.05, 3.63) is 88.9 Å². The van der Waals surface area contributed by atoms with Gasteiger partial charge in [-0.05, 0) is 74.7 Å². The second-order valence-corrected chi connectivity index (χ2v) is 8.94. The summed E-state index contributed by atoms with van der Waals surface area (Å²) >= 11 is 0. The number of fused-ring (bicyclic) bond motifs is 1. The van der Waals surface area contributed by atoms with Gasteiger partial charge in [0.25, 0.3) is 5.91 Å². The van der Waals surface area contributed by atoms with Crippen LogP contribution in [0.1, 0.15) is 58.4 Å². The Balaban J connectivity index is 1.55. The van der Waals surface area contributed by atoms with Crippen molar-refractivity contribution >= 4 is 23.3 Å². The van der Waals surface area contributed by atoms with Gasteiger partial charge in [0.1, 0.15) is 11.5 Å². The smallest absolute Gasteiger partial charge is 0.255 e. The van der Waals surface area contributed by atoms with Crippen molar-refractivity contribution in [3.63, 3.8) is 0 Å². The van der Waals surface area contributed by atoms with Crippen molar-refractivity contribution in [2.24, 2.45) is 0 Å². The lowest BCUT2D eigenvalue weighted by molar-refractivity contribution is -0.116. The van der Waals surface area contributed by atoms with Gasteiger partial charge in [-0.1, -0.05) is 12.1 Å². The van der Waals surface area contributed by atoms with Crippen LogP contribution in [0.15, 0.2) is 60.9 Å². The fourth-order valence-corrected chi connectivity index (χ4v) is 4.80. The number of carbonyl (C=O) groups excluding carboxylic acids is 2. The van der Waals surface area contributed by atoms with E-state index >= 15 is 0 Å². The third-order valence-electron chi connectivity index (χ3n) is 6.63. The fraction of sp³-hybridized carbons (Fsp3) is 0.250. The van der Waals surface area contributed by atoms with Crippen LogP contribution >= 0.6 is 0 Å². The zero-order valence-corrected chi connectivity index (χ0v) is 20.6. The Labute approximate surface area is 209 Å². The summed E-state index contributed by atoms with van der Waals surface area (Å²) < 4.78 is 1.84. The molecule has 182 valence electrons. The minimum absolute atomic E-state index is 0.0265. The van der Waals surface area contributed by atoms with Gasteiger partial charge in [0.2, 0.25) is 5.91 Å². The molecule has 0 saturated carbocycles. The van der Waals surface area contributed by atoms with E-state index in [0.29, 0.717) is 30.6 Å². The molecule has 1 aromatic carbocycles. The van der Waals surface area contributed by atoms with Gasteiger partial charge < -0.3 is 10.6 Å². The molecule has 1 aliphatic rings. The second-order valence-electron chi connectivity index (χ2n) is 8.94. The molecule has 2 N–H and O–H groups in total. The maximum absolute atomic E-state index is 13.0. The molecular formula is C28H28N6O2. The van der Waals surface area contributed by atoms with Crippen molar-refractivity contribution in [2.45, 2.75) is 46.1 Å². The van der Waals surface area contributed by atoms with Gasteiger partial charge in [0.05, 0.1) is 17.1 Å². The normalized spacial score (nSPS) is 15.1. The summed E-state index contributed by atoms with van der Waals surface area (Å²) in [7, 11) is 0. The van der Waals surface area contributed by atoms with Crippen LogP contribution in [-0.4, -0.2) is 31.6 Å². The first-order valence-corrected chi connectivity index (χ1v) is 12.1. The highest BCUT2D eigenvalue weighted by molar-refractivity contribution is 6.04. The number of amides is 2. The van der Waals surface area contributed by atoms with Gasteiger partial charge >= 0.3 is 0 Å². The quantitative estimate of drug-likeness (QED) is 0.414. The molecule has 8 heteroatoms. The molecule has 1 aliphatic heterocycles. The number of rotatable bonds is 5. The van der Waals surface area contributed by atoms with E-state index in [1.54, 1.807) is 18.5 Å². The molecule has 4 aromatic rings. The highest BCUT2D eigenvalue weighted by atomic mass is 16.2. The zero-order chi connectivity index (χ0) is 25.2. The molecule has 3 aromatic heterocycles. The average Bonchev–Trinajstić information content (AvgIpc) is 3.15. The molecule has 0 bridgehead atoms. The van der Waals surface area contributed by atoms with Crippen molar-refractivity contribution in [1.29, 1.82) is 0 Å². The standard InChI is InChI=1S/C28H28N6O2/c1-4-34-27-25(26(33-34)23-8-5-6-14-30-23)21(12-13-24(35)32-27)20-11-10-19(16-17(20)2)28(36)31-22-9-7-15-29-18(22)3/h5-11,14-16,21H,4,12-13H2,1-3H3,(H,31,36)(H,32,35). The Hall–Kier alpha value is -4.33. The van der Waals surface area contributed by atoms with Crippen molar-refractivity contribution in [3.8, 4) is 11.4 Å². The molecule has 1 unspecified atom stereocenters. The van der Waals surface area contributed by atoms with Gasteiger partial charge in [-0.3, -0.25) is 19.6 Å². The van der Waals surface area contributed by atoms with Gasteiger partial charge in [-0.2, -0.15) is 5.10 Å². The second kappa shape index (κ2) is 9.73. The molecule has 0 aliphatic carbocycles. The Morgan fingerprint density at radius 3 is 2.67 bits per heavy atom. The van der Waals surface area contributed by atoms with E-state index in [9.17, 15) is 9.59 Å². The summed E-state index contributed by atoms with van der Waals surface area (Å²) in [5.74, 6) is 0.432. The number of aromatic nitrogens is 4. The molecule has 4 heterocycles. The lowest BCUT2D eigenvalue weighted by Gasteiger charge is -2.19. The first kappa shape index (κ1) is 23.4. The molecule has 2 amide bonds. The molecule has 0 radical (unpaired) electrons. The van der Waals surface area contributed by atoms with Crippen molar-refractivity contribution in [1.82, 2.24) is 19.7 Å². The lowest BCUT2D eigenvalue weighted by Crippen LogP contribution is -2.14. The van der Waals surface area contributed by atoms with E-state index in [0.717, 1.165) is 39.6 Å². The third kappa shape index (κ3) is 4.37. The number of nitrogens with one attached hydrogen (secondary N) is 2. The summed E-state index contributed by atoms with van der Waals surface area (Å²) in [6, 6.07) is 15.1. The van der Waals surface area contributed by atoms with E-state index in [1.165, 1.54) is 0 Å². The van der Waals surface area contributed by atoms with E-state index in [-0.39, 0.29) is 17.7 Å². The maximum atomic E-state index is 13.0. The maximum Gasteiger partial charge on any atom is 0.255 e. The molecule has 36 heavy (non-hydrogen) atoms. The number of benzene rings is 1. The van der Waals surface area contributed by atoms with Crippen LogP contribution in [0.4, 0.5) is 11.5 Å². The van der Waals surface area contributed by atoms with E-state index < -0.39 is 0 Å². The number of hydrogen-bond acceptors (Lipinski definition) is 5. The largest absolute Gasteiger partial charge is 0.320 e. The Bertz CT molecular complexity index is 1440. The zero-order valence-electron chi connectivity index (χ0n) is 20.6. The van der Waals surface area contributed by atoms with Crippen molar-refractivity contribution in [2.75, 3.05) is 10.6 Å². The molecule has 0 spiro atoms. The minimum Gasteiger partial charge on any atom is -0.320 e. The first-order chi connectivity index (χ1) is 17.5. The molecule has 1 atom stereocenters. The van der Waals surface area contributed by atoms with E-state index in [4.69, 9.17) is 5.10 Å². The number of aryl methyl sites for hydroxylation is 3. The lowest BCUT2D eigenvalue weighted by atomic mass is 9.84. The van der Waals surface area contributed by atoms with Crippen LogP contribution in [0.3, 0.4) is 0 Å². The number of carbonyl (C=O) groups is 2. The van der Waals surface area contributed by atoms with Gasteiger partial charge in [-0.15, -0.1) is 0 Å². The van der Waals surface area contributed by atoms with Crippen LogP contribution in [0.25, 0.3) is 11.4 Å². The number of nitrogens with zero attached hydrogens (tertiary/aromatic N) is 4. The Morgan fingerprint density at radius 2 is 1.94 bits per heavy atom. The van der Waals surface area contributed by atoms with E-state index in [1.807, 2.05) is 67.9 Å². The van der Waals surface area contributed by atoms with Gasteiger partial charge in [0.15, 0.2) is 0 Å². The predicted octanol–water partition coefficient (Wildman–Crippen LogP) is 5.09. The summed E-state index contributed by atoms with van der Waals surface area (Å²) in [6.07, 6.45) is 4.48. The molecule has 8 nitrogen and oxygen atoms in total. The fourth-order valence-electron chi connectivity index (χ4n) is 4.80. The molecule has 0 saturated heterocycles. The molecule has 5 rings (SSSR count). The minimum atomic E-state index is -0.188. The van der Waals surface area contributed by atoms with Gasteiger partial charge in [-0.25, -0.2) is 4.68 Å².